The highest BCUT2D eigenvalue weighted by Crippen LogP contribution is 2.39. The molecule has 1 aromatic rings. The summed E-state index contributed by atoms with van der Waals surface area (Å²) in [5.74, 6) is 0.616. The van der Waals surface area contributed by atoms with Gasteiger partial charge in [-0.25, -0.2) is 4.79 Å². The van der Waals surface area contributed by atoms with Crippen molar-refractivity contribution in [1.82, 2.24) is 0 Å². The van der Waals surface area contributed by atoms with Crippen LogP contribution in [0.3, 0.4) is 0 Å². The van der Waals surface area contributed by atoms with Crippen molar-refractivity contribution in [3.63, 3.8) is 0 Å². The number of ether oxygens (including phenoxy) is 2. The van der Waals surface area contributed by atoms with E-state index in [4.69, 9.17) is 9.47 Å². The second-order valence-corrected chi connectivity index (χ2v) is 7.25. The average Bonchev–Trinajstić information content (AvgIpc) is 2.60. The van der Waals surface area contributed by atoms with Crippen molar-refractivity contribution in [2.75, 3.05) is 6.61 Å². The highest BCUT2D eigenvalue weighted by molar-refractivity contribution is 5.83. The van der Waals surface area contributed by atoms with Gasteiger partial charge >= 0.3 is 5.97 Å². The van der Waals surface area contributed by atoms with Gasteiger partial charge in [-0.2, -0.15) is 0 Å². The standard InChI is InChI=1S/C24H30O3/c1-7-19-12-13-22-20(15-19)16-21(24(5,6)27-22)18(4)11-9-10-17(3)14-23(25)26-8-2/h9-16H,7-8H2,1-6H3/b10-9+,17-14+,18-11+. The van der Waals surface area contributed by atoms with Gasteiger partial charge in [-0.05, 0) is 81.5 Å². The van der Waals surface area contributed by atoms with E-state index >= 15 is 0 Å². The topological polar surface area (TPSA) is 35.5 Å². The first-order valence-electron chi connectivity index (χ1n) is 9.51. The van der Waals surface area contributed by atoms with Crippen LogP contribution < -0.4 is 4.74 Å². The Morgan fingerprint density at radius 3 is 2.63 bits per heavy atom. The summed E-state index contributed by atoms with van der Waals surface area (Å²) in [7, 11) is 0. The third-order valence-corrected chi connectivity index (χ3v) is 4.56. The number of benzene rings is 1. The molecular formula is C24H30O3. The normalized spacial score (nSPS) is 16.6. The van der Waals surface area contributed by atoms with Crippen molar-refractivity contribution < 1.29 is 14.3 Å². The van der Waals surface area contributed by atoms with E-state index in [1.165, 1.54) is 11.6 Å². The second kappa shape index (κ2) is 8.90. The van der Waals surface area contributed by atoms with Gasteiger partial charge in [0, 0.05) is 11.6 Å². The Kier molecular flexibility index (Phi) is 6.84. The first-order valence-corrected chi connectivity index (χ1v) is 9.51. The van der Waals surface area contributed by atoms with E-state index in [0.29, 0.717) is 6.61 Å². The molecule has 0 amide bonds. The molecular weight excluding hydrogens is 336 g/mol. The number of hydrogen-bond acceptors (Lipinski definition) is 3. The van der Waals surface area contributed by atoms with Gasteiger partial charge in [0.15, 0.2) is 0 Å². The van der Waals surface area contributed by atoms with Crippen molar-refractivity contribution in [2.24, 2.45) is 0 Å². The van der Waals surface area contributed by atoms with Gasteiger partial charge in [0.25, 0.3) is 0 Å². The van der Waals surface area contributed by atoms with E-state index in [1.807, 2.05) is 25.2 Å². The smallest absolute Gasteiger partial charge is 0.330 e. The molecule has 0 saturated heterocycles. The zero-order valence-corrected chi connectivity index (χ0v) is 17.3. The summed E-state index contributed by atoms with van der Waals surface area (Å²) in [6.07, 6.45) is 10.6. The maximum Gasteiger partial charge on any atom is 0.330 e. The van der Waals surface area contributed by atoms with Crippen LogP contribution >= 0.6 is 0 Å². The third kappa shape index (κ3) is 5.46. The molecule has 0 fully saturated rings. The Morgan fingerprint density at radius 1 is 1.22 bits per heavy atom. The Hall–Kier alpha value is -2.55. The maximum atomic E-state index is 11.5. The molecule has 0 aliphatic carbocycles. The molecule has 0 N–H and O–H groups in total. The van der Waals surface area contributed by atoms with Gasteiger partial charge in [0.1, 0.15) is 11.4 Å². The van der Waals surface area contributed by atoms with E-state index in [2.05, 4.69) is 52.0 Å². The molecule has 1 heterocycles. The number of esters is 1. The minimum atomic E-state index is -0.398. The molecule has 27 heavy (non-hydrogen) atoms. The van der Waals surface area contributed by atoms with Crippen molar-refractivity contribution >= 4 is 12.0 Å². The SMILES string of the molecule is CCOC(=O)/C=C(C)/C=C/C=C(\C)C1=Cc2cc(CC)ccc2OC1(C)C. The van der Waals surface area contributed by atoms with Crippen molar-refractivity contribution in [2.45, 2.75) is 53.6 Å². The van der Waals surface area contributed by atoms with Gasteiger partial charge in [-0.15, -0.1) is 0 Å². The minimum absolute atomic E-state index is 0.312. The molecule has 1 aromatic carbocycles. The van der Waals surface area contributed by atoms with Crippen LogP contribution in [0.4, 0.5) is 0 Å². The molecule has 0 aromatic heterocycles. The van der Waals surface area contributed by atoms with E-state index in [0.717, 1.165) is 34.5 Å². The largest absolute Gasteiger partial charge is 0.483 e. The minimum Gasteiger partial charge on any atom is -0.483 e. The van der Waals surface area contributed by atoms with Crippen molar-refractivity contribution in [1.29, 1.82) is 0 Å². The summed E-state index contributed by atoms with van der Waals surface area (Å²) < 4.78 is 11.2. The molecule has 1 aliphatic rings. The summed E-state index contributed by atoms with van der Waals surface area (Å²) in [6, 6.07) is 6.38. The van der Waals surface area contributed by atoms with Crippen LogP contribution in [0.15, 0.2) is 59.2 Å². The van der Waals surface area contributed by atoms with Gasteiger partial charge in [-0.1, -0.05) is 31.2 Å². The molecule has 0 bridgehead atoms. The van der Waals surface area contributed by atoms with Crippen LogP contribution in [0, 0.1) is 0 Å². The fourth-order valence-corrected chi connectivity index (χ4v) is 3.12. The van der Waals surface area contributed by atoms with E-state index in [1.54, 1.807) is 6.92 Å². The zero-order valence-electron chi connectivity index (χ0n) is 17.3. The first-order chi connectivity index (χ1) is 12.8. The summed E-state index contributed by atoms with van der Waals surface area (Å²) in [5.41, 5.74) is 5.16. The molecule has 0 radical (unpaired) electrons. The number of hydrogen-bond donors (Lipinski definition) is 0. The third-order valence-electron chi connectivity index (χ3n) is 4.56. The number of allylic oxidation sites excluding steroid dienone is 4. The molecule has 144 valence electrons. The molecule has 3 nitrogen and oxygen atoms in total. The Labute approximate surface area is 163 Å². The number of aryl methyl sites for hydroxylation is 1. The van der Waals surface area contributed by atoms with E-state index in [9.17, 15) is 4.79 Å². The fraction of sp³-hybridized carbons (Fsp3) is 0.375. The lowest BCUT2D eigenvalue weighted by molar-refractivity contribution is -0.137. The van der Waals surface area contributed by atoms with Gasteiger partial charge in [0.05, 0.1) is 6.61 Å². The molecule has 0 spiro atoms. The molecule has 0 unspecified atom stereocenters. The Balaban J connectivity index is 2.26. The lowest BCUT2D eigenvalue weighted by Crippen LogP contribution is -2.33. The van der Waals surface area contributed by atoms with Gasteiger partial charge < -0.3 is 9.47 Å². The van der Waals surface area contributed by atoms with Crippen molar-refractivity contribution in [3.05, 3.63) is 70.3 Å². The van der Waals surface area contributed by atoms with Crippen molar-refractivity contribution in [3.8, 4) is 5.75 Å². The highest BCUT2D eigenvalue weighted by atomic mass is 16.5. The average molecular weight is 367 g/mol. The fourth-order valence-electron chi connectivity index (χ4n) is 3.12. The number of rotatable bonds is 6. The van der Waals surface area contributed by atoms with Crippen LogP contribution in [0.2, 0.25) is 0 Å². The quantitative estimate of drug-likeness (QED) is 0.362. The molecule has 0 atom stereocenters. The van der Waals surface area contributed by atoms with E-state index in [-0.39, 0.29) is 5.97 Å². The molecule has 3 heteroatoms. The van der Waals surface area contributed by atoms with Gasteiger partial charge in [-0.3, -0.25) is 0 Å². The van der Waals surface area contributed by atoms with Crippen LogP contribution in [0.5, 0.6) is 5.75 Å². The molecule has 0 saturated carbocycles. The van der Waals surface area contributed by atoms with Crippen LogP contribution in [-0.2, 0) is 16.0 Å². The number of fused-ring (bicyclic) bond motifs is 1. The summed E-state index contributed by atoms with van der Waals surface area (Å²) in [5, 5.41) is 0. The lowest BCUT2D eigenvalue weighted by atomic mass is 9.87. The molecule has 2 rings (SSSR count). The van der Waals surface area contributed by atoms with Crippen LogP contribution in [0.25, 0.3) is 6.08 Å². The Morgan fingerprint density at radius 2 is 1.96 bits per heavy atom. The predicted molar refractivity (Wildman–Crippen MR) is 112 cm³/mol. The predicted octanol–water partition coefficient (Wildman–Crippen LogP) is 5.82. The lowest BCUT2D eigenvalue weighted by Gasteiger charge is -2.34. The summed E-state index contributed by atoms with van der Waals surface area (Å²) in [4.78, 5) is 11.5. The first kappa shape index (κ1) is 20.8. The number of carbonyl (C=O) groups excluding carboxylic acids is 1. The molecule has 1 aliphatic heterocycles. The summed E-state index contributed by atoms with van der Waals surface area (Å²) in [6.45, 7) is 12.5. The van der Waals surface area contributed by atoms with Crippen LogP contribution in [-0.4, -0.2) is 18.2 Å². The number of carbonyl (C=O) groups is 1. The van der Waals surface area contributed by atoms with Gasteiger partial charge in [0.2, 0.25) is 0 Å². The Bertz CT molecular complexity index is 820. The maximum absolute atomic E-state index is 11.5. The second-order valence-electron chi connectivity index (χ2n) is 7.25. The monoisotopic (exact) mass is 366 g/mol. The van der Waals surface area contributed by atoms with Crippen LogP contribution in [0.1, 0.15) is 52.7 Å². The summed E-state index contributed by atoms with van der Waals surface area (Å²) >= 11 is 0. The zero-order chi connectivity index (χ0) is 20.0. The van der Waals surface area contributed by atoms with E-state index < -0.39 is 5.60 Å². The highest BCUT2D eigenvalue weighted by Gasteiger charge is 2.30.